The van der Waals surface area contributed by atoms with Crippen molar-refractivity contribution in [3.63, 3.8) is 0 Å². The SMILES string of the molecule is CNc1ncnc(N(C)CC2CCN(C)C2)c1Br. The van der Waals surface area contributed by atoms with Gasteiger partial charge in [0.1, 0.15) is 22.4 Å². The first-order valence-electron chi connectivity index (χ1n) is 6.19. The molecular formula is C12H20BrN5. The Labute approximate surface area is 117 Å². The molecule has 2 rings (SSSR count). The number of rotatable bonds is 4. The van der Waals surface area contributed by atoms with Crippen LogP contribution in [0.25, 0.3) is 0 Å². The molecule has 0 bridgehead atoms. The molecule has 0 radical (unpaired) electrons. The second-order valence-electron chi connectivity index (χ2n) is 4.91. The van der Waals surface area contributed by atoms with E-state index in [0.29, 0.717) is 0 Å². The van der Waals surface area contributed by atoms with Crippen LogP contribution < -0.4 is 10.2 Å². The summed E-state index contributed by atoms with van der Waals surface area (Å²) in [5.74, 6) is 2.50. The van der Waals surface area contributed by atoms with Gasteiger partial charge in [0.25, 0.3) is 0 Å². The number of nitrogens with one attached hydrogen (secondary N) is 1. The van der Waals surface area contributed by atoms with Crippen molar-refractivity contribution in [3.05, 3.63) is 10.8 Å². The fourth-order valence-corrected chi connectivity index (χ4v) is 3.16. The van der Waals surface area contributed by atoms with Gasteiger partial charge < -0.3 is 15.1 Å². The van der Waals surface area contributed by atoms with E-state index in [0.717, 1.165) is 28.6 Å². The molecule has 1 aliphatic rings. The Balaban J connectivity index is 2.06. The molecule has 0 aromatic carbocycles. The van der Waals surface area contributed by atoms with Crippen LogP contribution in [0.2, 0.25) is 0 Å². The summed E-state index contributed by atoms with van der Waals surface area (Å²) in [6, 6.07) is 0. The Morgan fingerprint density at radius 2 is 2.33 bits per heavy atom. The highest BCUT2D eigenvalue weighted by Crippen LogP contribution is 2.29. The molecule has 1 aliphatic heterocycles. The van der Waals surface area contributed by atoms with E-state index in [1.165, 1.54) is 19.5 Å². The summed E-state index contributed by atoms with van der Waals surface area (Å²) >= 11 is 3.56. The van der Waals surface area contributed by atoms with Crippen molar-refractivity contribution in [2.75, 3.05) is 51.0 Å². The number of aromatic nitrogens is 2. The van der Waals surface area contributed by atoms with Crippen LogP contribution in [0.1, 0.15) is 6.42 Å². The molecule has 5 nitrogen and oxygen atoms in total. The normalized spacial score (nSPS) is 20.1. The lowest BCUT2D eigenvalue weighted by Crippen LogP contribution is -2.28. The molecule has 1 aromatic rings. The first-order valence-corrected chi connectivity index (χ1v) is 6.99. The molecule has 0 saturated carbocycles. The van der Waals surface area contributed by atoms with Gasteiger partial charge in [0.05, 0.1) is 0 Å². The molecule has 1 atom stereocenters. The Hall–Kier alpha value is -0.880. The van der Waals surface area contributed by atoms with Crippen molar-refractivity contribution < 1.29 is 0 Å². The lowest BCUT2D eigenvalue weighted by atomic mass is 10.1. The Morgan fingerprint density at radius 3 is 2.94 bits per heavy atom. The van der Waals surface area contributed by atoms with Crippen LogP contribution in [-0.4, -0.2) is 55.6 Å². The monoisotopic (exact) mass is 313 g/mol. The van der Waals surface area contributed by atoms with Gasteiger partial charge in [-0.15, -0.1) is 0 Å². The minimum atomic E-state index is 0.722. The Kier molecular flexibility index (Phi) is 4.40. The first kappa shape index (κ1) is 13.5. The number of hydrogen-bond acceptors (Lipinski definition) is 5. The van der Waals surface area contributed by atoms with E-state index in [4.69, 9.17) is 0 Å². The largest absolute Gasteiger partial charge is 0.372 e. The average molecular weight is 314 g/mol. The van der Waals surface area contributed by atoms with Crippen LogP contribution in [0.15, 0.2) is 10.8 Å². The molecule has 6 heteroatoms. The molecule has 18 heavy (non-hydrogen) atoms. The molecule has 100 valence electrons. The number of likely N-dealkylation sites (tertiary alicyclic amines) is 1. The zero-order valence-corrected chi connectivity index (χ0v) is 12.7. The molecule has 1 saturated heterocycles. The van der Waals surface area contributed by atoms with Crippen molar-refractivity contribution >= 4 is 27.6 Å². The van der Waals surface area contributed by atoms with Crippen molar-refractivity contribution in [1.82, 2.24) is 14.9 Å². The van der Waals surface area contributed by atoms with Gasteiger partial charge in [-0.2, -0.15) is 0 Å². The summed E-state index contributed by atoms with van der Waals surface area (Å²) < 4.78 is 0.932. The summed E-state index contributed by atoms with van der Waals surface area (Å²) in [5, 5.41) is 3.06. The van der Waals surface area contributed by atoms with Crippen molar-refractivity contribution in [1.29, 1.82) is 0 Å². The number of halogens is 1. The molecule has 1 fully saturated rings. The molecule has 0 aliphatic carbocycles. The van der Waals surface area contributed by atoms with Gasteiger partial charge >= 0.3 is 0 Å². The van der Waals surface area contributed by atoms with Crippen LogP contribution in [0.5, 0.6) is 0 Å². The summed E-state index contributed by atoms with van der Waals surface area (Å²) in [5.41, 5.74) is 0. The second kappa shape index (κ2) is 5.84. The number of anilines is 2. The maximum absolute atomic E-state index is 4.36. The number of nitrogens with zero attached hydrogens (tertiary/aromatic N) is 4. The van der Waals surface area contributed by atoms with Gasteiger partial charge in [0, 0.05) is 27.2 Å². The van der Waals surface area contributed by atoms with E-state index in [1.54, 1.807) is 6.33 Å². The first-order chi connectivity index (χ1) is 8.61. The van der Waals surface area contributed by atoms with E-state index < -0.39 is 0 Å². The quantitative estimate of drug-likeness (QED) is 0.916. The van der Waals surface area contributed by atoms with Crippen molar-refractivity contribution in [3.8, 4) is 0 Å². The van der Waals surface area contributed by atoms with Crippen LogP contribution in [-0.2, 0) is 0 Å². The standard InChI is InChI=1S/C12H20BrN5/c1-14-11-10(13)12(16-8-15-11)18(3)7-9-4-5-17(2)6-9/h8-9H,4-7H2,1-3H3,(H,14,15,16). The predicted molar refractivity (Wildman–Crippen MR) is 78.2 cm³/mol. The second-order valence-corrected chi connectivity index (χ2v) is 5.70. The average Bonchev–Trinajstić information content (AvgIpc) is 2.75. The van der Waals surface area contributed by atoms with Crippen LogP contribution in [0, 0.1) is 5.92 Å². The lowest BCUT2D eigenvalue weighted by Gasteiger charge is -2.23. The third kappa shape index (κ3) is 2.92. The van der Waals surface area contributed by atoms with Gasteiger partial charge in [0.2, 0.25) is 0 Å². The minimum Gasteiger partial charge on any atom is -0.372 e. The zero-order valence-electron chi connectivity index (χ0n) is 11.1. The molecular weight excluding hydrogens is 294 g/mol. The van der Waals surface area contributed by atoms with Crippen molar-refractivity contribution in [2.24, 2.45) is 5.92 Å². The highest BCUT2D eigenvalue weighted by Gasteiger charge is 2.22. The fourth-order valence-electron chi connectivity index (χ4n) is 2.45. The highest BCUT2D eigenvalue weighted by molar-refractivity contribution is 9.10. The van der Waals surface area contributed by atoms with E-state index >= 15 is 0 Å². The zero-order chi connectivity index (χ0) is 13.1. The maximum Gasteiger partial charge on any atom is 0.148 e. The summed E-state index contributed by atoms with van der Waals surface area (Å²) in [4.78, 5) is 13.1. The van der Waals surface area contributed by atoms with Gasteiger partial charge in [-0.1, -0.05) is 0 Å². The van der Waals surface area contributed by atoms with E-state index in [2.05, 4.69) is 55.1 Å². The molecule has 1 aromatic heterocycles. The molecule has 1 N–H and O–H groups in total. The van der Waals surface area contributed by atoms with Crippen LogP contribution >= 0.6 is 15.9 Å². The maximum atomic E-state index is 4.36. The van der Waals surface area contributed by atoms with Crippen LogP contribution in [0.3, 0.4) is 0 Å². The van der Waals surface area contributed by atoms with Crippen molar-refractivity contribution in [2.45, 2.75) is 6.42 Å². The smallest absolute Gasteiger partial charge is 0.148 e. The summed E-state index contributed by atoms with van der Waals surface area (Å²) in [6.07, 6.45) is 2.87. The van der Waals surface area contributed by atoms with E-state index in [9.17, 15) is 0 Å². The van der Waals surface area contributed by atoms with E-state index in [1.807, 2.05) is 7.05 Å². The van der Waals surface area contributed by atoms with Gasteiger partial charge in [-0.25, -0.2) is 9.97 Å². The van der Waals surface area contributed by atoms with Gasteiger partial charge in [0.15, 0.2) is 0 Å². The molecule has 2 heterocycles. The number of hydrogen-bond donors (Lipinski definition) is 1. The third-order valence-corrected chi connectivity index (χ3v) is 4.12. The fraction of sp³-hybridized carbons (Fsp3) is 0.667. The third-order valence-electron chi connectivity index (χ3n) is 3.39. The van der Waals surface area contributed by atoms with Gasteiger partial charge in [-0.05, 0) is 41.9 Å². The van der Waals surface area contributed by atoms with Crippen LogP contribution in [0.4, 0.5) is 11.6 Å². The topological polar surface area (TPSA) is 44.3 Å². The lowest BCUT2D eigenvalue weighted by molar-refractivity contribution is 0.395. The predicted octanol–water partition coefficient (Wildman–Crippen LogP) is 1.67. The highest BCUT2D eigenvalue weighted by atomic mass is 79.9. The van der Waals surface area contributed by atoms with Gasteiger partial charge in [-0.3, -0.25) is 0 Å². The van der Waals surface area contributed by atoms with E-state index in [-0.39, 0.29) is 0 Å². The Morgan fingerprint density at radius 1 is 1.56 bits per heavy atom. The Bertz CT molecular complexity index is 411. The summed E-state index contributed by atoms with van der Waals surface area (Å²) in [7, 11) is 6.13. The molecule has 1 unspecified atom stereocenters. The molecule has 0 spiro atoms. The molecule has 0 amide bonds. The summed E-state index contributed by atoms with van der Waals surface area (Å²) in [6.45, 7) is 3.40. The minimum absolute atomic E-state index is 0.722.